The molecule has 0 bridgehead atoms. The molecule has 0 N–H and O–H groups in total. The molecule has 9 aromatic carbocycles. The van der Waals surface area contributed by atoms with Crippen LogP contribution in [-0.4, -0.2) is 0 Å². The van der Waals surface area contributed by atoms with Crippen LogP contribution < -0.4 is 42.0 Å². The van der Waals surface area contributed by atoms with Crippen LogP contribution >= 0.6 is 8.60 Å². The Morgan fingerprint density at radius 2 is 0.402 bits per heavy atom. The van der Waals surface area contributed by atoms with Crippen LogP contribution in [0.25, 0.3) is 0 Å². The molecule has 0 fully saturated rings. The minimum atomic E-state index is -2.43. The first-order valence-corrected chi connectivity index (χ1v) is 29.0. The van der Waals surface area contributed by atoms with Gasteiger partial charge in [0.1, 0.15) is 56.9 Å². The standard InChI is InChI=1S/C72H75O9P/c1-70(2,3)58-40-64(73-46-52-28-16-10-17-29-52)67(76-49-55-34-22-13-23-35-55)43-61(58)79-82(80-62-44-68(77-50-56-36-24-14-25-37-56)65(41-59(62)71(4,5)6)74-47-53-30-18-11-19-31-53)81-63-45-69(78-51-57-38-26-15-27-39-57)66(42-60(63)72(7,8)9)75-48-54-32-20-12-21-33-54/h10-45H,46-51H2,1-9H3. The molecule has 0 saturated heterocycles. The Morgan fingerprint density at radius 1 is 0.232 bits per heavy atom. The molecule has 0 aliphatic rings. The fraction of sp³-hybridized carbons (Fsp3) is 0.250. The zero-order chi connectivity index (χ0) is 57.5. The van der Waals surface area contributed by atoms with E-state index in [1.54, 1.807) is 0 Å². The highest BCUT2D eigenvalue weighted by Gasteiger charge is 2.34. The van der Waals surface area contributed by atoms with Crippen molar-refractivity contribution < 1.29 is 42.0 Å². The monoisotopic (exact) mass is 1110 g/mol. The van der Waals surface area contributed by atoms with Gasteiger partial charge in [0, 0.05) is 34.9 Å². The highest BCUT2D eigenvalue weighted by Crippen LogP contribution is 2.54. The minimum Gasteiger partial charge on any atom is -0.485 e. The van der Waals surface area contributed by atoms with Crippen LogP contribution in [0.2, 0.25) is 0 Å². The fourth-order valence-electron chi connectivity index (χ4n) is 8.99. The van der Waals surface area contributed by atoms with Crippen molar-refractivity contribution in [3.8, 4) is 51.7 Å². The molecule has 9 aromatic rings. The van der Waals surface area contributed by atoms with E-state index < -0.39 is 24.8 Å². The van der Waals surface area contributed by atoms with Crippen molar-refractivity contribution >= 4 is 8.60 Å². The van der Waals surface area contributed by atoms with Crippen LogP contribution in [0.4, 0.5) is 0 Å². The quantitative estimate of drug-likeness (QED) is 0.0549. The zero-order valence-corrected chi connectivity index (χ0v) is 49.5. The Labute approximate surface area is 486 Å². The van der Waals surface area contributed by atoms with Gasteiger partial charge in [-0.1, -0.05) is 244 Å². The minimum absolute atomic E-state index is 0.289. The molecular formula is C72H75O9P. The molecular weight excluding hydrogens is 1040 g/mol. The topological polar surface area (TPSA) is 83.1 Å². The van der Waals surface area contributed by atoms with E-state index in [-0.39, 0.29) is 19.8 Å². The van der Waals surface area contributed by atoms with E-state index in [4.69, 9.17) is 42.0 Å². The molecule has 9 nitrogen and oxygen atoms in total. The van der Waals surface area contributed by atoms with Crippen LogP contribution in [0.15, 0.2) is 218 Å². The van der Waals surface area contributed by atoms with Crippen molar-refractivity contribution in [1.82, 2.24) is 0 Å². The van der Waals surface area contributed by atoms with E-state index >= 15 is 0 Å². The lowest BCUT2D eigenvalue weighted by Crippen LogP contribution is -2.18. The van der Waals surface area contributed by atoms with E-state index in [0.717, 1.165) is 50.1 Å². The first-order chi connectivity index (χ1) is 39.5. The maximum atomic E-state index is 7.38. The smallest absolute Gasteiger partial charge is 0.485 e. The second-order valence-electron chi connectivity index (χ2n) is 23.3. The molecule has 0 aromatic heterocycles. The van der Waals surface area contributed by atoms with Crippen molar-refractivity contribution in [2.75, 3.05) is 0 Å². The molecule has 422 valence electrons. The second-order valence-corrected chi connectivity index (χ2v) is 24.3. The first-order valence-electron chi connectivity index (χ1n) is 27.9. The molecule has 10 heteroatoms. The van der Waals surface area contributed by atoms with Gasteiger partial charge in [0.05, 0.1) is 0 Å². The maximum Gasteiger partial charge on any atom is 0.530 e. The van der Waals surface area contributed by atoms with Gasteiger partial charge in [0.25, 0.3) is 0 Å². The predicted octanol–water partition coefficient (Wildman–Crippen LogP) is 18.8. The second kappa shape index (κ2) is 26.9. The lowest BCUT2D eigenvalue weighted by atomic mass is 9.86. The van der Waals surface area contributed by atoms with Crippen molar-refractivity contribution in [2.24, 2.45) is 0 Å². The van der Waals surface area contributed by atoms with Crippen LogP contribution in [0, 0.1) is 0 Å². The van der Waals surface area contributed by atoms with E-state index in [2.05, 4.69) is 62.3 Å². The normalized spacial score (nSPS) is 11.6. The zero-order valence-electron chi connectivity index (χ0n) is 48.6. The lowest BCUT2D eigenvalue weighted by molar-refractivity contribution is 0.252. The fourth-order valence-corrected chi connectivity index (χ4v) is 10.0. The molecule has 82 heavy (non-hydrogen) atoms. The van der Waals surface area contributed by atoms with Gasteiger partial charge in [-0.05, 0) is 67.8 Å². The van der Waals surface area contributed by atoms with Crippen LogP contribution in [0.1, 0.15) is 112 Å². The Bertz CT molecular complexity index is 3060. The van der Waals surface area contributed by atoms with E-state index in [0.29, 0.717) is 71.6 Å². The average molecular weight is 1120 g/mol. The SMILES string of the molecule is CC(C)(C)c1cc(OCc2ccccc2)c(OCc2ccccc2)cc1OP(Oc1cc(OCc2ccccc2)c(OCc2ccccc2)cc1C(C)(C)C)Oc1cc(OCc2ccccc2)c(OCc2ccccc2)cc1C(C)(C)C. The summed E-state index contributed by atoms with van der Waals surface area (Å²) < 4.78 is 62.3. The summed E-state index contributed by atoms with van der Waals surface area (Å²) in [5.41, 5.74) is 7.20. The van der Waals surface area contributed by atoms with Crippen molar-refractivity contribution in [3.05, 3.63) is 268 Å². The molecule has 0 aliphatic heterocycles. The summed E-state index contributed by atoms with van der Waals surface area (Å²) in [6, 6.07) is 72.4. The molecule has 0 atom stereocenters. The summed E-state index contributed by atoms with van der Waals surface area (Å²) in [5, 5.41) is 0. The van der Waals surface area contributed by atoms with Gasteiger partial charge in [0.15, 0.2) is 34.5 Å². The van der Waals surface area contributed by atoms with Crippen molar-refractivity contribution in [1.29, 1.82) is 0 Å². The number of benzene rings is 9. The Balaban J connectivity index is 1.19. The summed E-state index contributed by atoms with van der Waals surface area (Å²) in [4.78, 5) is 0. The Kier molecular flexibility index (Phi) is 19.1. The summed E-state index contributed by atoms with van der Waals surface area (Å²) in [6.07, 6.45) is 0. The van der Waals surface area contributed by atoms with Gasteiger partial charge >= 0.3 is 8.60 Å². The van der Waals surface area contributed by atoms with Crippen molar-refractivity contribution in [3.63, 3.8) is 0 Å². The third-order valence-corrected chi connectivity index (χ3v) is 14.5. The molecule has 0 unspecified atom stereocenters. The van der Waals surface area contributed by atoms with Gasteiger partial charge in [0.2, 0.25) is 0 Å². The summed E-state index contributed by atoms with van der Waals surface area (Å²) in [5.74, 6) is 4.70. The number of rotatable bonds is 24. The van der Waals surface area contributed by atoms with Gasteiger partial charge in [-0.2, -0.15) is 0 Å². The lowest BCUT2D eigenvalue weighted by Gasteiger charge is -2.30. The average Bonchev–Trinajstić information content (AvgIpc) is 3.67. The third kappa shape index (κ3) is 16.4. The summed E-state index contributed by atoms with van der Waals surface area (Å²) in [7, 11) is -2.43. The maximum absolute atomic E-state index is 7.38. The van der Waals surface area contributed by atoms with E-state index in [1.807, 2.05) is 218 Å². The molecule has 0 amide bonds. The van der Waals surface area contributed by atoms with Crippen LogP contribution in [-0.2, 0) is 55.9 Å². The van der Waals surface area contributed by atoms with E-state index in [9.17, 15) is 0 Å². The Hall–Kier alpha value is -8.39. The molecule has 9 rings (SSSR count). The van der Waals surface area contributed by atoms with Gasteiger partial charge < -0.3 is 42.0 Å². The van der Waals surface area contributed by atoms with Gasteiger partial charge in [-0.15, -0.1) is 0 Å². The largest absolute Gasteiger partial charge is 0.530 e. The molecule has 0 heterocycles. The van der Waals surface area contributed by atoms with E-state index in [1.165, 1.54) is 0 Å². The first kappa shape index (κ1) is 58.3. The molecule has 0 saturated carbocycles. The highest BCUT2D eigenvalue weighted by atomic mass is 31.2. The van der Waals surface area contributed by atoms with Crippen LogP contribution in [0.3, 0.4) is 0 Å². The van der Waals surface area contributed by atoms with Gasteiger partial charge in [-0.25, -0.2) is 0 Å². The van der Waals surface area contributed by atoms with Crippen molar-refractivity contribution in [2.45, 2.75) is 118 Å². The number of hydrogen-bond donors (Lipinski definition) is 0. The van der Waals surface area contributed by atoms with Crippen LogP contribution in [0.5, 0.6) is 51.7 Å². The number of ether oxygens (including phenoxy) is 6. The van der Waals surface area contributed by atoms with Gasteiger partial charge in [-0.3, -0.25) is 0 Å². The molecule has 0 aliphatic carbocycles. The summed E-state index contributed by atoms with van der Waals surface area (Å²) >= 11 is 0. The summed E-state index contributed by atoms with van der Waals surface area (Å²) in [6.45, 7) is 21.2. The molecule has 0 spiro atoms. The third-order valence-electron chi connectivity index (χ3n) is 13.5. The Morgan fingerprint density at radius 3 is 0.573 bits per heavy atom. The highest BCUT2D eigenvalue weighted by molar-refractivity contribution is 7.43. The molecule has 0 radical (unpaired) electrons. The predicted molar refractivity (Wildman–Crippen MR) is 329 cm³/mol. The number of hydrogen-bond acceptors (Lipinski definition) is 9.